The Bertz CT molecular complexity index is 809. The molecule has 0 aliphatic carbocycles. The van der Waals surface area contributed by atoms with Crippen LogP contribution in [0.3, 0.4) is 0 Å². The molecule has 0 bridgehead atoms. The zero-order chi connectivity index (χ0) is 15.0. The van der Waals surface area contributed by atoms with E-state index in [0.29, 0.717) is 5.39 Å². The number of alkyl halides is 3. The van der Waals surface area contributed by atoms with Gasteiger partial charge in [0.05, 0.1) is 16.0 Å². The van der Waals surface area contributed by atoms with Crippen LogP contribution >= 0.6 is 11.3 Å². The van der Waals surface area contributed by atoms with E-state index in [0.717, 1.165) is 11.3 Å². The van der Waals surface area contributed by atoms with Gasteiger partial charge in [-0.3, -0.25) is 4.79 Å². The quantitative estimate of drug-likeness (QED) is 0.650. The van der Waals surface area contributed by atoms with E-state index in [2.05, 4.69) is 4.98 Å². The van der Waals surface area contributed by atoms with Gasteiger partial charge in [-0.2, -0.15) is 13.2 Å². The Hall–Kier alpha value is -2.21. The normalized spacial score (nSPS) is 11.8. The molecule has 3 rings (SSSR count). The molecule has 0 saturated carbocycles. The monoisotopic (exact) mass is 307 g/mol. The van der Waals surface area contributed by atoms with Gasteiger partial charge >= 0.3 is 6.18 Å². The van der Waals surface area contributed by atoms with Crippen molar-refractivity contribution in [1.82, 2.24) is 4.98 Å². The molecule has 2 aromatic heterocycles. The first-order chi connectivity index (χ1) is 9.97. The molecule has 0 aliphatic heterocycles. The molecule has 0 radical (unpaired) electrons. The number of benzene rings is 1. The molecule has 0 saturated heterocycles. The van der Waals surface area contributed by atoms with Crippen molar-refractivity contribution in [3.63, 3.8) is 0 Å². The van der Waals surface area contributed by atoms with Crippen LogP contribution in [0.4, 0.5) is 13.2 Å². The van der Waals surface area contributed by atoms with E-state index in [1.165, 1.54) is 18.2 Å². The molecule has 21 heavy (non-hydrogen) atoms. The average Bonchev–Trinajstić information content (AvgIpc) is 2.98. The van der Waals surface area contributed by atoms with Crippen LogP contribution in [0.1, 0.15) is 20.9 Å². The van der Waals surface area contributed by atoms with Crippen molar-refractivity contribution >= 4 is 28.0 Å². The first kappa shape index (κ1) is 13.8. The number of hydrogen-bond acceptors (Lipinski definition) is 3. The molecule has 0 spiro atoms. The van der Waals surface area contributed by atoms with Crippen molar-refractivity contribution in [1.29, 1.82) is 0 Å². The summed E-state index contributed by atoms with van der Waals surface area (Å²) in [5.41, 5.74) is -1.34. The summed E-state index contributed by atoms with van der Waals surface area (Å²) in [5.74, 6) is -0.657. The highest BCUT2D eigenvalue weighted by molar-refractivity contribution is 7.12. The first-order valence-electron chi connectivity index (χ1n) is 6.02. The number of nitrogens with zero attached hydrogens (tertiary/aromatic N) is 1. The number of carbonyl (C=O) groups excluding carboxylic acids is 1. The van der Waals surface area contributed by atoms with E-state index in [1.807, 2.05) is 0 Å². The molecule has 2 nitrogen and oxygen atoms in total. The predicted molar refractivity (Wildman–Crippen MR) is 74.5 cm³/mol. The fourth-order valence-electron chi connectivity index (χ4n) is 2.05. The molecule has 2 heterocycles. The zero-order valence-electron chi connectivity index (χ0n) is 10.5. The van der Waals surface area contributed by atoms with Gasteiger partial charge in [0.25, 0.3) is 0 Å². The Kier molecular flexibility index (Phi) is 3.25. The molecule has 6 heteroatoms. The van der Waals surface area contributed by atoms with Crippen LogP contribution in [0, 0.1) is 0 Å². The summed E-state index contributed by atoms with van der Waals surface area (Å²) in [6.45, 7) is 0. The Balaban J connectivity index is 2.26. The lowest BCUT2D eigenvalue weighted by Crippen LogP contribution is -2.15. The summed E-state index contributed by atoms with van der Waals surface area (Å²) in [5, 5.41) is 2.15. The molecule has 3 aromatic rings. The summed E-state index contributed by atoms with van der Waals surface area (Å²) in [7, 11) is 0. The fourth-order valence-corrected chi connectivity index (χ4v) is 2.72. The molecule has 0 unspecified atom stereocenters. The van der Waals surface area contributed by atoms with Crippen LogP contribution in [0.15, 0.2) is 47.8 Å². The Morgan fingerprint density at radius 3 is 2.52 bits per heavy atom. The Morgan fingerprint density at radius 1 is 1.10 bits per heavy atom. The summed E-state index contributed by atoms with van der Waals surface area (Å²) >= 11 is 1.11. The second-order valence-corrected chi connectivity index (χ2v) is 5.33. The lowest BCUT2D eigenvalue weighted by Gasteiger charge is -2.12. The molecule has 0 aliphatic rings. The van der Waals surface area contributed by atoms with Gasteiger partial charge in [0, 0.05) is 5.39 Å². The minimum atomic E-state index is -4.67. The van der Waals surface area contributed by atoms with E-state index in [-0.39, 0.29) is 10.4 Å². The van der Waals surface area contributed by atoms with Crippen LogP contribution < -0.4 is 0 Å². The van der Waals surface area contributed by atoms with Crippen molar-refractivity contribution in [2.24, 2.45) is 0 Å². The fraction of sp³-hybridized carbons (Fsp3) is 0.0667. The number of halogens is 3. The van der Waals surface area contributed by atoms with Crippen LogP contribution in [0.25, 0.3) is 10.9 Å². The predicted octanol–water partition coefficient (Wildman–Crippen LogP) is 4.55. The lowest BCUT2D eigenvalue weighted by atomic mass is 10.0. The number of hydrogen-bond donors (Lipinski definition) is 0. The van der Waals surface area contributed by atoms with E-state index in [9.17, 15) is 18.0 Å². The smallest absolute Gasteiger partial charge is 0.288 e. The summed E-state index contributed by atoms with van der Waals surface area (Å²) in [6.07, 6.45) is -4.67. The number of rotatable bonds is 2. The third-order valence-electron chi connectivity index (χ3n) is 2.98. The second-order valence-electron chi connectivity index (χ2n) is 4.38. The molecule has 106 valence electrons. The van der Waals surface area contributed by atoms with E-state index in [4.69, 9.17) is 0 Å². The number of aromatic nitrogens is 1. The Labute approximate surface area is 121 Å². The maximum Gasteiger partial charge on any atom is 0.434 e. The maximum atomic E-state index is 13.2. The lowest BCUT2D eigenvalue weighted by molar-refractivity contribution is -0.141. The second kappa shape index (κ2) is 4.96. The summed E-state index contributed by atoms with van der Waals surface area (Å²) in [4.78, 5) is 16.2. The molecule has 0 atom stereocenters. The number of ketones is 1. The number of thiophene rings is 1. The highest BCUT2D eigenvalue weighted by atomic mass is 32.1. The third kappa shape index (κ3) is 2.54. The van der Waals surface area contributed by atoms with Gasteiger partial charge in [0.2, 0.25) is 5.78 Å². The molecular formula is C15H8F3NOS. The van der Waals surface area contributed by atoms with Crippen LogP contribution in [0.5, 0.6) is 0 Å². The highest BCUT2D eigenvalue weighted by Crippen LogP contribution is 2.33. The molecule has 0 fully saturated rings. The van der Waals surface area contributed by atoms with Crippen LogP contribution in [0.2, 0.25) is 0 Å². The zero-order valence-corrected chi connectivity index (χ0v) is 11.3. The Morgan fingerprint density at radius 2 is 1.86 bits per heavy atom. The highest BCUT2D eigenvalue weighted by Gasteiger charge is 2.37. The summed E-state index contributed by atoms with van der Waals surface area (Å²) in [6, 6.07) is 10.8. The molecule has 0 amide bonds. The number of fused-ring (bicyclic) bond motifs is 1. The van der Waals surface area contributed by atoms with E-state index >= 15 is 0 Å². The van der Waals surface area contributed by atoms with Crippen molar-refractivity contribution in [2.75, 3.05) is 0 Å². The minimum Gasteiger partial charge on any atom is -0.288 e. The van der Waals surface area contributed by atoms with Gasteiger partial charge in [-0.15, -0.1) is 11.3 Å². The van der Waals surface area contributed by atoms with Crippen LogP contribution in [-0.4, -0.2) is 10.8 Å². The average molecular weight is 307 g/mol. The van der Waals surface area contributed by atoms with Gasteiger partial charge in [0.15, 0.2) is 5.69 Å². The maximum absolute atomic E-state index is 13.2. The topological polar surface area (TPSA) is 30.0 Å². The van der Waals surface area contributed by atoms with Crippen molar-refractivity contribution in [3.8, 4) is 0 Å². The van der Waals surface area contributed by atoms with Gasteiger partial charge in [0.1, 0.15) is 0 Å². The van der Waals surface area contributed by atoms with Crippen molar-refractivity contribution < 1.29 is 18.0 Å². The SMILES string of the molecule is O=C(c1cccs1)c1cc2ccccc2nc1C(F)(F)F. The largest absolute Gasteiger partial charge is 0.434 e. The van der Waals surface area contributed by atoms with Crippen LogP contribution in [-0.2, 0) is 6.18 Å². The molecule has 1 aromatic carbocycles. The van der Waals surface area contributed by atoms with Gasteiger partial charge < -0.3 is 0 Å². The molecular weight excluding hydrogens is 299 g/mol. The van der Waals surface area contributed by atoms with E-state index < -0.39 is 23.2 Å². The summed E-state index contributed by atoms with van der Waals surface area (Å²) < 4.78 is 39.5. The standard InChI is InChI=1S/C15H8F3NOS/c16-15(17,18)14-10(13(20)12-6-3-7-21-12)8-9-4-1-2-5-11(9)19-14/h1-8H. The van der Waals surface area contributed by atoms with Gasteiger partial charge in [-0.25, -0.2) is 4.98 Å². The number of carbonyl (C=O) groups is 1. The van der Waals surface area contributed by atoms with Gasteiger partial charge in [-0.1, -0.05) is 24.3 Å². The van der Waals surface area contributed by atoms with Crippen molar-refractivity contribution in [3.05, 3.63) is 64.0 Å². The van der Waals surface area contributed by atoms with E-state index in [1.54, 1.807) is 29.6 Å². The van der Waals surface area contributed by atoms with Crippen molar-refractivity contribution in [2.45, 2.75) is 6.18 Å². The third-order valence-corrected chi connectivity index (χ3v) is 3.85. The number of pyridine rings is 1. The minimum absolute atomic E-state index is 0.215. The van der Waals surface area contributed by atoms with Gasteiger partial charge in [-0.05, 0) is 23.6 Å². The first-order valence-corrected chi connectivity index (χ1v) is 6.90. The number of para-hydroxylation sites is 1. The molecule has 0 N–H and O–H groups in total.